The largest absolute Gasteiger partial charge is 0.478 e. The van der Waals surface area contributed by atoms with Crippen LogP contribution in [-0.4, -0.2) is 16.1 Å². The van der Waals surface area contributed by atoms with Crippen molar-refractivity contribution in [2.75, 3.05) is 5.32 Å². The average Bonchev–Trinajstić information content (AvgIpc) is 2.34. The number of nitrogens with zero attached hydrogens (tertiary/aromatic N) is 1. The van der Waals surface area contributed by atoms with Gasteiger partial charge in [-0.3, -0.25) is 0 Å². The van der Waals surface area contributed by atoms with Gasteiger partial charge in [0.15, 0.2) is 0 Å². The quantitative estimate of drug-likeness (QED) is 0.896. The van der Waals surface area contributed by atoms with Crippen molar-refractivity contribution in [1.82, 2.24) is 4.98 Å². The third-order valence-corrected chi connectivity index (χ3v) is 3.01. The summed E-state index contributed by atoms with van der Waals surface area (Å²) in [5.41, 5.74) is 0.872. The molecule has 0 aliphatic carbocycles. The van der Waals surface area contributed by atoms with E-state index in [1.54, 1.807) is 0 Å². The summed E-state index contributed by atoms with van der Waals surface area (Å²) in [6, 6.07) is 8.82. The Morgan fingerprint density at radius 3 is 2.56 bits per heavy atom. The molecule has 2 aromatic rings. The van der Waals surface area contributed by atoms with Gasteiger partial charge in [-0.1, -0.05) is 27.5 Å². The van der Waals surface area contributed by atoms with Crippen LogP contribution in [0.15, 0.2) is 41.0 Å². The Bertz CT molecular complexity index is 587. The molecule has 0 amide bonds. The van der Waals surface area contributed by atoms with Gasteiger partial charge in [0.1, 0.15) is 5.82 Å². The Morgan fingerprint density at radius 1 is 1.33 bits per heavy atom. The van der Waals surface area contributed by atoms with E-state index in [1.165, 1.54) is 12.3 Å². The molecule has 0 saturated carbocycles. The number of aromatic carboxylic acids is 1. The molecule has 0 unspecified atom stereocenters. The predicted molar refractivity (Wildman–Crippen MR) is 73.6 cm³/mol. The van der Waals surface area contributed by atoms with Crippen molar-refractivity contribution in [1.29, 1.82) is 0 Å². The number of pyridine rings is 1. The molecule has 0 atom stereocenters. The number of hydrogen-bond acceptors (Lipinski definition) is 3. The molecule has 6 heteroatoms. The minimum absolute atomic E-state index is 0.0568. The van der Waals surface area contributed by atoms with Crippen molar-refractivity contribution < 1.29 is 9.90 Å². The zero-order valence-corrected chi connectivity index (χ0v) is 11.4. The predicted octanol–water partition coefficient (Wildman–Crippen LogP) is 3.94. The number of anilines is 2. The lowest BCUT2D eigenvalue weighted by Crippen LogP contribution is -2.00. The van der Waals surface area contributed by atoms with Crippen molar-refractivity contribution >= 4 is 45.0 Å². The number of carbonyl (C=O) groups is 1. The van der Waals surface area contributed by atoms with Gasteiger partial charge in [0.2, 0.25) is 0 Å². The summed E-state index contributed by atoms with van der Waals surface area (Å²) in [5, 5.41) is 12.1. The summed E-state index contributed by atoms with van der Waals surface area (Å²) in [6.07, 6.45) is 1.26. The van der Waals surface area contributed by atoms with Crippen molar-refractivity contribution in [2.45, 2.75) is 0 Å². The van der Waals surface area contributed by atoms with Gasteiger partial charge < -0.3 is 10.4 Å². The van der Waals surface area contributed by atoms with E-state index in [-0.39, 0.29) is 10.6 Å². The maximum atomic E-state index is 10.7. The fraction of sp³-hybridized carbons (Fsp3) is 0. The van der Waals surface area contributed by atoms with Crippen molar-refractivity contribution in [3.63, 3.8) is 0 Å². The highest BCUT2D eigenvalue weighted by Gasteiger charge is 2.08. The van der Waals surface area contributed by atoms with Crippen molar-refractivity contribution in [3.8, 4) is 0 Å². The molecular weight excluding hydrogens is 320 g/mol. The zero-order chi connectivity index (χ0) is 13.1. The Hall–Kier alpha value is -1.59. The molecule has 2 N–H and O–H groups in total. The van der Waals surface area contributed by atoms with Crippen LogP contribution >= 0.6 is 27.5 Å². The zero-order valence-electron chi connectivity index (χ0n) is 9.02. The first kappa shape index (κ1) is 12.9. The second-order valence-corrected chi connectivity index (χ2v) is 4.81. The van der Waals surface area contributed by atoms with Crippen LogP contribution in [0.25, 0.3) is 0 Å². The Balaban J connectivity index is 2.24. The van der Waals surface area contributed by atoms with E-state index in [0.717, 1.165) is 10.2 Å². The maximum absolute atomic E-state index is 10.7. The molecular formula is C12H8BrClN2O2. The molecule has 4 nitrogen and oxygen atoms in total. The molecule has 1 heterocycles. The molecule has 0 bridgehead atoms. The number of hydrogen-bond donors (Lipinski definition) is 2. The van der Waals surface area contributed by atoms with Crippen LogP contribution in [0, 0.1) is 0 Å². The van der Waals surface area contributed by atoms with Gasteiger partial charge in [0, 0.05) is 16.4 Å². The highest BCUT2D eigenvalue weighted by molar-refractivity contribution is 9.10. The van der Waals surface area contributed by atoms with E-state index in [2.05, 4.69) is 26.2 Å². The SMILES string of the molecule is O=C(O)c1cnc(Nc2ccc(Br)cc2)c(Cl)c1. The van der Waals surface area contributed by atoms with Gasteiger partial charge in [-0.25, -0.2) is 9.78 Å². The average molecular weight is 328 g/mol. The van der Waals surface area contributed by atoms with Crippen LogP contribution in [0.5, 0.6) is 0 Å². The molecule has 0 spiro atoms. The van der Waals surface area contributed by atoms with Gasteiger partial charge in [-0.15, -0.1) is 0 Å². The number of nitrogens with one attached hydrogen (secondary N) is 1. The molecule has 18 heavy (non-hydrogen) atoms. The number of carboxylic acid groups (broad SMARTS) is 1. The highest BCUT2D eigenvalue weighted by Crippen LogP contribution is 2.24. The second kappa shape index (κ2) is 5.37. The highest BCUT2D eigenvalue weighted by atomic mass is 79.9. The second-order valence-electron chi connectivity index (χ2n) is 3.49. The minimum atomic E-state index is -1.06. The molecule has 2 rings (SSSR count). The van der Waals surface area contributed by atoms with Crippen LogP contribution in [0.1, 0.15) is 10.4 Å². The standard InChI is InChI=1S/C12H8BrClN2O2/c13-8-1-3-9(4-2-8)16-11-10(14)5-7(6-15-11)12(17)18/h1-6H,(H,15,16)(H,17,18). The Kier molecular flexibility index (Phi) is 3.84. The lowest BCUT2D eigenvalue weighted by molar-refractivity contribution is 0.0696. The smallest absolute Gasteiger partial charge is 0.337 e. The van der Waals surface area contributed by atoms with Crippen LogP contribution in [0.4, 0.5) is 11.5 Å². The van der Waals surface area contributed by atoms with Gasteiger partial charge >= 0.3 is 5.97 Å². The van der Waals surface area contributed by atoms with E-state index in [9.17, 15) is 4.79 Å². The van der Waals surface area contributed by atoms with Crippen LogP contribution < -0.4 is 5.32 Å². The van der Waals surface area contributed by atoms with E-state index < -0.39 is 5.97 Å². The van der Waals surface area contributed by atoms with E-state index in [0.29, 0.717) is 5.82 Å². The first-order chi connectivity index (χ1) is 8.56. The lowest BCUT2D eigenvalue weighted by Gasteiger charge is -2.07. The van der Waals surface area contributed by atoms with Gasteiger partial charge in [0.05, 0.1) is 10.6 Å². The summed E-state index contributed by atoms with van der Waals surface area (Å²) in [6.45, 7) is 0. The molecule has 1 aromatic carbocycles. The van der Waals surface area contributed by atoms with Crippen LogP contribution in [0.2, 0.25) is 5.02 Å². The number of benzene rings is 1. The van der Waals surface area contributed by atoms with Crippen LogP contribution in [0.3, 0.4) is 0 Å². The Labute approximate surface area is 117 Å². The fourth-order valence-corrected chi connectivity index (χ4v) is 1.79. The maximum Gasteiger partial charge on any atom is 0.337 e. The third kappa shape index (κ3) is 3.00. The van der Waals surface area contributed by atoms with Gasteiger partial charge in [0.25, 0.3) is 0 Å². The topological polar surface area (TPSA) is 62.2 Å². The normalized spacial score (nSPS) is 10.1. The number of halogens is 2. The van der Waals surface area contributed by atoms with Gasteiger partial charge in [-0.05, 0) is 30.3 Å². The summed E-state index contributed by atoms with van der Waals surface area (Å²) in [4.78, 5) is 14.7. The summed E-state index contributed by atoms with van der Waals surface area (Å²) >= 11 is 9.29. The van der Waals surface area contributed by atoms with Crippen molar-refractivity contribution in [3.05, 3.63) is 51.6 Å². The van der Waals surface area contributed by atoms with Crippen molar-refractivity contribution in [2.24, 2.45) is 0 Å². The fourth-order valence-electron chi connectivity index (χ4n) is 1.32. The molecule has 1 aromatic heterocycles. The molecule has 0 saturated heterocycles. The Morgan fingerprint density at radius 2 is 2.00 bits per heavy atom. The van der Waals surface area contributed by atoms with E-state index in [4.69, 9.17) is 16.7 Å². The third-order valence-electron chi connectivity index (χ3n) is 2.20. The number of aromatic nitrogens is 1. The molecule has 0 fully saturated rings. The summed E-state index contributed by atoms with van der Waals surface area (Å²) in [7, 11) is 0. The molecule has 0 aliphatic heterocycles. The van der Waals surface area contributed by atoms with Gasteiger partial charge in [-0.2, -0.15) is 0 Å². The minimum Gasteiger partial charge on any atom is -0.478 e. The van der Waals surface area contributed by atoms with E-state index in [1.807, 2.05) is 24.3 Å². The number of rotatable bonds is 3. The first-order valence-corrected chi connectivity index (χ1v) is 6.15. The monoisotopic (exact) mass is 326 g/mol. The molecule has 92 valence electrons. The molecule has 0 aliphatic rings. The summed E-state index contributed by atoms with van der Waals surface area (Å²) in [5.74, 6) is -0.636. The molecule has 0 radical (unpaired) electrons. The van der Waals surface area contributed by atoms with E-state index >= 15 is 0 Å². The first-order valence-electron chi connectivity index (χ1n) is 4.97. The van der Waals surface area contributed by atoms with Crippen LogP contribution in [-0.2, 0) is 0 Å². The summed E-state index contributed by atoms with van der Waals surface area (Å²) < 4.78 is 0.966. The number of carboxylic acids is 1. The lowest BCUT2D eigenvalue weighted by atomic mass is 10.3.